The Labute approximate surface area is 147 Å². The maximum absolute atomic E-state index is 13.5. The highest BCUT2D eigenvalue weighted by Crippen LogP contribution is 2.21. The van der Waals surface area contributed by atoms with Gasteiger partial charge in [0.15, 0.2) is 18.2 Å². The Bertz CT molecular complexity index is 838. The minimum absolute atomic E-state index is 0.0303. The Morgan fingerprint density at radius 3 is 2.54 bits per heavy atom. The van der Waals surface area contributed by atoms with Crippen molar-refractivity contribution >= 4 is 17.5 Å². The van der Waals surface area contributed by atoms with Gasteiger partial charge in [0.25, 0.3) is 5.91 Å². The van der Waals surface area contributed by atoms with Gasteiger partial charge in [-0.3, -0.25) is 9.59 Å². The van der Waals surface area contributed by atoms with Crippen molar-refractivity contribution in [2.45, 2.75) is 0 Å². The first-order valence-electron chi connectivity index (χ1n) is 7.85. The van der Waals surface area contributed by atoms with Gasteiger partial charge in [-0.2, -0.15) is 0 Å². The van der Waals surface area contributed by atoms with Crippen molar-refractivity contribution in [2.24, 2.45) is 5.92 Å². The van der Waals surface area contributed by atoms with E-state index >= 15 is 0 Å². The van der Waals surface area contributed by atoms with E-state index in [1.807, 2.05) is 0 Å². The van der Waals surface area contributed by atoms with E-state index in [9.17, 15) is 22.8 Å². The van der Waals surface area contributed by atoms with Gasteiger partial charge in [-0.05, 0) is 24.3 Å². The van der Waals surface area contributed by atoms with Crippen LogP contribution < -0.4 is 10.1 Å². The molecule has 1 N–H and O–H groups in total. The van der Waals surface area contributed by atoms with Gasteiger partial charge in [0, 0.05) is 19.2 Å². The molecule has 5 nitrogen and oxygen atoms in total. The van der Waals surface area contributed by atoms with E-state index in [-0.39, 0.29) is 31.1 Å². The third-order valence-corrected chi connectivity index (χ3v) is 3.98. The maximum atomic E-state index is 13.5. The molecular weight excluding hydrogens is 349 g/mol. The number of carbonyl (C=O) groups excluding carboxylic acids is 2. The molecule has 1 aliphatic rings. The average molecular weight is 364 g/mol. The Morgan fingerprint density at radius 2 is 1.81 bits per heavy atom. The molecule has 26 heavy (non-hydrogen) atoms. The maximum Gasteiger partial charge on any atom is 0.260 e. The zero-order valence-electron chi connectivity index (χ0n) is 13.5. The van der Waals surface area contributed by atoms with Crippen LogP contribution in [0.2, 0.25) is 0 Å². The van der Waals surface area contributed by atoms with Gasteiger partial charge in [0.1, 0.15) is 11.6 Å². The molecule has 0 spiro atoms. The molecule has 8 heteroatoms. The van der Waals surface area contributed by atoms with E-state index in [1.165, 1.54) is 23.1 Å². The number of benzene rings is 2. The summed E-state index contributed by atoms with van der Waals surface area (Å²) >= 11 is 0. The second-order valence-corrected chi connectivity index (χ2v) is 5.83. The van der Waals surface area contributed by atoms with Gasteiger partial charge < -0.3 is 15.0 Å². The molecule has 136 valence electrons. The lowest BCUT2D eigenvalue weighted by Crippen LogP contribution is -2.55. The van der Waals surface area contributed by atoms with E-state index in [0.717, 1.165) is 18.2 Å². The number of para-hydroxylation sites is 1. The number of ether oxygens (including phenoxy) is 1. The van der Waals surface area contributed by atoms with Gasteiger partial charge >= 0.3 is 0 Å². The first-order valence-corrected chi connectivity index (χ1v) is 7.85. The molecule has 2 amide bonds. The molecule has 2 aromatic carbocycles. The zero-order chi connectivity index (χ0) is 18.7. The summed E-state index contributed by atoms with van der Waals surface area (Å²) in [6.07, 6.45) is 0. The van der Waals surface area contributed by atoms with Crippen LogP contribution in [-0.2, 0) is 9.59 Å². The highest BCUT2D eigenvalue weighted by atomic mass is 19.1. The number of hydrogen-bond donors (Lipinski definition) is 1. The van der Waals surface area contributed by atoms with E-state index in [2.05, 4.69) is 5.32 Å². The monoisotopic (exact) mass is 364 g/mol. The van der Waals surface area contributed by atoms with Crippen molar-refractivity contribution < 1.29 is 27.5 Å². The number of amides is 2. The second kappa shape index (κ2) is 7.47. The Hall–Kier alpha value is -3.03. The summed E-state index contributed by atoms with van der Waals surface area (Å²) < 4.78 is 45.2. The van der Waals surface area contributed by atoms with Crippen LogP contribution in [0.15, 0.2) is 42.5 Å². The molecule has 0 saturated carbocycles. The van der Waals surface area contributed by atoms with E-state index in [4.69, 9.17) is 4.74 Å². The SMILES string of the molecule is O=C(Nc1cc(F)ccc1F)C1CN(C(=O)COc2ccccc2F)C1. The third kappa shape index (κ3) is 3.96. The van der Waals surface area contributed by atoms with Crippen LogP contribution in [0.4, 0.5) is 18.9 Å². The number of halogens is 3. The molecule has 1 heterocycles. The number of nitrogens with zero attached hydrogens (tertiary/aromatic N) is 1. The summed E-state index contributed by atoms with van der Waals surface area (Å²) in [4.78, 5) is 25.4. The van der Waals surface area contributed by atoms with E-state index < -0.39 is 35.2 Å². The average Bonchev–Trinajstić information content (AvgIpc) is 2.56. The van der Waals surface area contributed by atoms with Gasteiger partial charge in [0.2, 0.25) is 5.91 Å². The predicted octanol–water partition coefficient (Wildman–Crippen LogP) is 2.58. The minimum Gasteiger partial charge on any atom is -0.481 e. The number of anilines is 1. The molecule has 0 atom stereocenters. The fourth-order valence-corrected chi connectivity index (χ4v) is 2.47. The molecule has 2 aromatic rings. The number of carbonyl (C=O) groups is 2. The summed E-state index contributed by atoms with van der Waals surface area (Å²) in [5, 5.41) is 2.31. The van der Waals surface area contributed by atoms with Crippen LogP contribution in [0.3, 0.4) is 0 Å². The summed E-state index contributed by atoms with van der Waals surface area (Å²) in [6, 6.07) is 8.46. The molecule has 0 bridgehead atoms. The van der Waals surface area contributed by atoms with Crippen molar-refractivity contribution in [2.75, 3.05) is 25.0 Å². The number of likely N-dealkylation sites (tertiary alicyclic amines) is 1. The van der Waals surface area contributed by atoms with Crippen molar-refractivity contribution in [1.29, 1.82) is 0 Å². The normalized spacial score (nSPS) is 13.9. The van der Waals surface area contributed by atoms with Crippen molar-refractivity contribution in [3.63, 3.8) is 0 Å². The Kier molecular flexibility index (Phi) is 5.11. The molecule has 0 aliphatic carbocycles. The number of hydrogen-bond acceptors (Lipinski definition) is 3. The zero-order valence-corrected chi connectivity index (χ0v) is 13.5. The Balaban J connectivity index is 1.47. The quantitative estimate of drug-likeness (QED) is 0.887. The smallest absolute Gasteiger partial charge is 0.260 e. The summed E-state index contributed by atoms with van der Waals surface area (Å²) in [5.41, 5.74) is -0.248. The molecule has 1 saturated heterocycles. The minimum atomic E-state index is -0.745. The largest absolute Gasteiger partial charge is 0.481 e. The van der Waals surface area contributed by atoms with E-state index in [0.29, 0.717) is 0 Å². The highest BCUT2D eigenvalue weighted by molar-refractivity contribution is 5.94. The standard InChI is InChI=1S/C18H15F3N2O3/c19-12-5-6-13(20)15(7-12)22-18(25)11-8-23(9-11)17(24)10-26-16-4-2-1-3-14(16)21/h1-7,11H,8-10H2,(H,22,25). The van der Waals surface area contributed by atoms with Crippen molar-refractivity contribution in [1.82, 2.24) is 4.90 Å². The van der Waals surface area contributed by atoms with Gasteiger partial charge in [0.05, 0.1) is 11.6 Å². The lowest BCUT2D eigenvalue weighted by molar-refractivity contribution is -0.143. The first-order chi connectivity index (χ1) is 12.4. The molecule has 0 aromatic heterocycles. The van der Waals surface area contributed by atoms with Crippen molar-refractivity contribution in [3.8, 4) is 5.75 Å². The molecule has 3 rings (SSSR count). The summed E-state index contributed by atoms with van der Waals surface area (Å²) in [6.45, 7) is -0.0989. The fraction of sp³-hybridized carbons (Fsp3) is 0.222. The van der Waals surface area contributed by atoms with Gasteiger partial charge in [-0.15, -0.1) is 0 Å². The van der Waals surface area contributed by atoms with Crippen LogP contribution >= 0.6 is 0 Å². The van der Waals surface area contributed by atoms with Crippen LogP contribution in [0, 0.1) is 23.4 Å². The number of nitrogens with one attached hydrogen (secondary N) is 1. The summed E-state index contributed by atoms with van der Waals surface area (Å²) in [5.74, 6) is -3.45. The van der Waals surface area contributed by atoms with E-state index in [1.54, 1.807) is 6.07 Å². The molecule has 0 unspecified atom stereocenters. The molecule has 1 aliphatic heterocycles. The molecule has 1 fully saturated rings. The molecule has 0 radical (unpaired) electrons. The van der Waals surface area contributed by atoms with Crippen molar-refractivity contribution in [3.05, 3.63) is 59.9 Å². The first kappa shape index (κ1) is 17.8. The number of rotatable bonds is 5. The second-order valence-electron chi connectivity index (χ2n) is 5.83. The molecular formula is C18H15F3N2O3. The van der Waals surface area contributed by atoms with Crippen LogP contribution in [-0.4, -0.2) is 36.4 Å². The Morgan fingerprint density at radius 1 is 1.08 bits per heavy atom. The van der Waals surface area contributed by atoms with Gasteiger partial charge in [-0.25, -0.2) is 13.2 Å². The van der Waals surface area contributed by atoms with Crippen LogP contribution in [0.25, 0.3) is 0 Å². The lowest BCUT2D eigenvalue weighted by Gasteiger charge is -2.38. The van der Waals surface area contributed by atoms with Gasteiger partial charge in [-0.1, -0.05) is 12.1 Å². The third-order valence-electron chi connectivity index (χ3n) is 3.98. The topological polar surface area (TPSA) is 58.6 Å². The predicted molar refractivity (Wildman–Crippen MR) is 87.0 cm³/mol. The highest BCUT2D eigenvalue weighted by Gasteiger charge is 2.36. The summed E-state index contributed by atoms with van der Waals surface area (Å²) in [7, 11) is 0. The lowest BCUT2D eigenvalue weighted by atomic mass is 9.99. The van der Waals surface area contributed by atoms with Crippen LogP contribution in [0.1, 0.15) is 0 Å². The van der Waals surface area contributed by atoms with Crippen LogP contribution in [0.5, 0.6) is 5.75 Å². The fourth-order valence-electron chi connectivity index (χ4n) is 2.47.